The second-order valence-corrected chi connectivity index (χ2v) is 6.18. The van der Waals surface area contributed by atoms with Crippen molar-refractivity contribution in [1.29, 1.82) is 0 Å². The van der Waals surface area contributed by atoms with Crippen molar-refractivity contribution in [2.24, 2.45) is 5.41 Å². The molecule has 21 heavy (non-hydrogen) atoms. The Hall–Kier alpha value is -1.84. The highest BCUT2D eigenvalue weighted by Crippen LogP contribution is 2.40. The van der Waals surface area contributed by atoms with E-state index in [2.05, 4.69) is 5.32 Å². The van der Waals surface area contributed by atoms with Crippen LogP contribution in [0.2, 0.25) is 0 Å². The van der Waals surface area contributed by atoms with Crippen molar-refractivity contribution in [2.75, 3.05) is 6.54 Å². The molecule has 4 heteroatoms. The van der Waals surface area contributed by atoms with E-state index in [4.69, 9.17) is 5.11 Å². The molecule has 0 saturated heterocycles. The largest absolute Gasteiger partial charge is 0.481 e. The zero-order valence-corrected chi connectivity index (χ0v) is 12.5. The summed E-state index contributed by atoms with van der Waals surface area (Å²) in [5, 5.41) is 11.8. The Morgan fingerprint density at radius 1 is 1.14 bits per heavy atom. The highest BCUT2D eigenvalue weighted by atomic mass is 16.4. The molecule has 1 amide bonds. The van der Waals surface area contributed by atoms with Crippen molar-refractivity contribution in [3.05, 3.63) is 35.4 Å². The maximum atomic E-state index is 11.2. The van der Waals surface area contributed by atoms with E-state index in [1.165, 1.54) is 18.4 Å². The van der Waals surface area contributed by atoms with Crippen molar-refractivity contribution >= 4 is 11.9 Å². The minimum absolute atomic E-state index is 0.0260. The fraction of sp³-hybridized carbons (Fsp3) is 0.529. The molecule has 4 nitrogen and oxygen atoms in total. The Labute approximate surface area is 125 Å². The number of hydrogen-bond acceptors (Lipinski definition) is 2. The molecule has 0 radical (unpaired) electrons. The minimum Gasteiger partial charge on any atom is -0.481 e. The zero-order chi connectivity index (χ0) is 15.3. The first-order valence-electron chi connectivity index (χ1n) is 7.53. The second-order valence-electron chi connectivity index (χ2n) is 6.18. The van der Waals surface area contributed by atoms with Gasteiger partial charge in [0.2, 0.25) is 5.91 Å². The standard InChI is InChI=1S/C17H23NO3/c1-13(19)18-12-17(8-2-3-9-17)11-15-6-4-14(5-7-15)10-16(20)21/h4-7H,2-3,8-12H2,1H3,(H,18,19)(H,20,21). The van der Waals surface area contributed by atoms with Gasteiger partial charge in [0.15, 0.2) is 0 Å². The molecule has 1 fully saturated rings. The lowest BCUT2D eigenvalue weighted by Crippen LogP contribution is -2.36. The number of hydrogen-bond donors (Lipinski definition) is 2. The third kappa shape index (κ3) is 4.59. The number of rotatable bonds is 6. The van der Waals surface area contributed by atoms with Crippen LogP contribution in [0.15, 0.2) is 24.3 Å². The summed E-state index contributed by atoms with van der Waals surface area (Å²) in [6.45, 7) is 2.29. The van der Waals surface area contributed by atoms with Gasteiger partial charge in [-0.15, -0.1) is 0 Å². The normalized spacial score (nSPS) is 16.6. The van der Waals surface area contributed by atoms with Gasteiger partial charge in [0.25, 0.3) is 0 Å². The fourth-order valence-corrected chi connectivity index (χ4v) is 3.24. The molecular formula is C17H23NO3. The van der Waals surface area contributed by atoms with Gasteiger partial charge in [-0.05, 0) is 35.8 Å². The van der Waals surface area contributed by atoms with Crippen LogP contribution in [-0.2, 0) is 22.4 Å². The average molecular weight is 289 g/mol. The van der Waals surface area contributed by atoms with Gasteiger partial charge >= 0.3 is 5.97 Å². The van der Waals surface area contributed by atoms with E-state index < -0.39 is 5.97 Å². The van der Waals surface area contributed by atoms with E-state index in [9.17, 15) is 9.59 Å². The SMILES string of the molecule is CC(=O)NCC1(Cc2ccc(CC(=O)O)cc2)CCCC1. The molecule has 0 unspecified atom stereocenters. The lowest BCUT2D eigenvalue weighted by atomic mass is 9.79. The van der Waals surface area contributed by atoms with Crippen LogP contribution in [-0.4, -0.2) is 23.5 Å². The highest BCUT2D eigenvalue weighted by molar-refractivity contribution is 5.72. The van der Waals surface area contributed by atoms with Crippen molar-refractivity contribution in [1.82, 2.24) is 5.32 Å². The van der Waals surface area contributed by atoms with E-state index in [1.54, 1.807) is 6.92 Å². The molecular weight excluding hydrogens is 266 g/mol. The topological polar surface area (TPSA) is 66.4 Å². The van der Waals surface area contributed by atoms with Crippen LogP contribution in [0, 0.1) is 5.41 Å². The molecule has 0 bridgehead atoms. The van der Waals surface area contributed by atoms with Crippen LogP contribution in [0.3, 0.4) is 0 Å². The summed E-state index contributed by atoms with van der Waals surface area (Å²) in [7, 11) is 0. The van der Waals surface area contributed by atoms with Crippen LogP contribution in [0.25, 0.3) is 0 Å². The first-order valence-corrected chi connectivity index (χ1v) is 7.53. The van der Waals surface area contributed by atoms with Gasteiger partial charge in [0.05, 0.1) is 6.42 Å². The third-order valence-corrected chi connectivity index (χ3v) is 4.33. The predicted molar refractivity (Wildman–Crippen MR) is 81.1 cm³/mol. The van der Waals surface area contributed by atoms with E-state index in [0.717, 1.165) is 31.4 Å². The van der Waals surface area contributed by atoms with Crippen molar-refractivity contribution in [2.45, 2.75) is 45.4 Å². The monoisotopic (exact) mass is 289 g/mol. The Morgan fingerprint density at radius 3 is 2.24 bits per heavy atom. The van der Waals surface area contributed by atoms with Gasteiger partial charge in [-0.2, -0.15) is 0 Å². The van der Waals surface area contributed by atoms with Gasteiger partial charge in [0.1, 0.15) is 0 Å². The fourth-order valence-electron chi connectivity index (χ4n) is 3.24. The van der Waals surface area contributed by atoms with E-state index in [0.29, 0.717) is 0 Å². The van der Waals surface area contributed by atoms with E-state index in [1.807, 2.05) is 24.3 Å². The molecule has 0 spiro atoms. The molecule has 2 N–H and O–H groups in total. The molecule has 2 rings (SSSR count). The number of carboxylic acid groups (broad SMARTS) is 1. The molecule has 0 atom stereocenters. The summed E-state index contributed by atoms with van der Waals surface area (Å²) in [6.07, 6.45) is 5.74. The van der Waals surface area contributed by atoms with Crippen LogP contribution < -0.4 is 5.32 Å². The summed E-state index contributed by atoms with van der Waals surface area (Å²) in [5.41, 5.74) is 2.21. The Balaban J connectivity index is 2.03. The zero-order valence-electron chi connectivity index (χ0n) is 12.5. The van der Waals surface area contributed by atoms with Crippen LogP contribution >= 0.6 is 0 Å². The molecule has 1 saturated carbocycles. The van der Waals surface area contributed by atoms with Crippen molar-refractivity contribution in [3.63, 3.8) is 0 Å². The molecule has 0 aliphatic heterocycles. The second kappa shape index (κ2) is 6.74. The Morgan fingerprint density at radius 2 is 1.71 bits per heavy atom. The quantitative estimate of drug-likeness (QED) is 0.845. The predicted octanol–water partition coefficient (Wildman–Crippen LogP) is 2.55. The molecule has 0 aromatic heterocycles. The maximum Gasteiger partial charge on any atom is 0.307 e. The highest BCUT2D eigenvalue weighted by Gasteiger charge is 2.33. The maximum absolute atomic E-state index is 11.2. The van der Waals surface area contributed by atoms with Gasteiger partial charge in [0, 0.05) is 13.5 Å². The first-order chi connectivity index (χ1) is 9.99. The summed E-state index contributed by atoms with van der Waals surface area (Å²) >= 11 is 0. The third-order valence-electron chi connectivity index (χ3n) is 4.33. The lowest BCUT2D eigenvalue weighted by Gasteiger charge is -2.29. The number of nitrogens with one attached hydrogen (secondary N) is 1. The molecule has 1 aliphatic rings. The number of carbonyl (C=O) groups is 2. The molecule has 0 heterocycles. The molecule has 1 aromatic rings. The number of amides is 1. The number of benzene rings is 1. The number of carbonyl (C=O) groups excluding carboxylic acids is 1. The van der Waals surface area contributed by atoms with Crippen molar-refractivity contribution < 1.29 is 14.7 Å². The van der Waals surface area contributed by atoms with Crippen LogP contribution in [0.1, 0.15) is 43.7 Å². The summed E-state index contributed by atoms with van der Waals surface area (Å²) in [4.78, 5) is 21.9. The molecule has 114 valence electrons. The lowest BCUT2D eigenvalue weighted by molar-refractivity contribution is -0.136. The molecule has 1 aliphatic carbocycles. The van der Waals surface area contributed by atoms with E-state index in [-0.39, 0.29) is 17.7 Å². The first kappa shape index (κ1) is 15.5. The van der Waals surface area contributed by atoms with Crippen LogP contribution in [0.5, 0.6) is 0 Å². The van der Waals surface area contributed by atoms with Crippen molar-refractivity contribution in [3.8, 4) is 0 Å². The van der Waals surface area contributed by atoms with Gasteiger partial charge in [-0.25, -0.2) is 0 Å². The van der Waals surface area contributed by atoms with E-state index >= 15 is 0 Å². The van der Waals surface area contributed by atoms with Gasteiger partial charge in [-0.3, -0.25) is 9.59 Å². The summed E-state index contributed by atoms with van der Waals surface area (Å²) in [5.74, 6) is -0.779. The number of carboxylic acids is 1. The van der Waals surface area contributed by atoms with Gasteiger partial charge in [-0.1, -0.05) is 37.1 Å². The van der Waals surface area contributed by atoms with Crippen LogP contribution in [0.4, 0.5) is 0 Å². The smallest absolute Gasteiger partial charge is 0.307 e. The number of aliphatic carboxylic acids is 1. The Kier molecular flexibility index (Phi) is 4.99. The molecule has 1 aromatic carbocycles. The average Bonchev–Trinajstić information content (AvgIpc) is 2.87. The summed E-state index contributed by atoms with van der Waals surface area (Å²) in [6, 6.07) is 7.83. The minimum atomic E-state index is -0.805. The Bertz CT molecular complexity index is 501. The van der Waals surface area contributed by atoms with Gasteiger partial charge < -0.3 is 10.4 Å². The summed E-state index contributed by atoms with van der Waals surface area (Å²) < 4.78 is 0.